The summed E-state index contributed by atoms with van der Waals surface area (Å²) in [6.45, 7) is 3.83. The van der Waals surface area contributed by atoms with Gasteiger partial charge in [0, 0.05) is 0 Å². The van der Waals surface area contributed by atoms with Crippen LogP contribution < -0.4 is 5.32 Å². The highest BCUT2D eigenvalue weighted by Gasteiger charge is 2.52. The van der Waals surface area contributed by atoms with Gasteiger partial charge in [-0.1, -0.05) is 12.8 Å². The van der Waals surface area contributed by atoms with Gasteiger partial charge in [0.15, 0.2) is 0 Å². The Kier molecular flexibility index (Phi) is 3.32. The first-order valence-corrected chi connectivity index (χ1v) is 8.16. The van der Waals surface area contributed by atoms with Gasteiger partial charge in [0.05, 0.1) is 6.04 Å². The van der Waals surface area contributed by atoms with E-state index < -0.39 is 11.6 Å². The lowest BCUT2D eigenvalue weighted by atomic mass is 9.89. The normalized spacial score (nSPS) is 26.9. The van der Waals surface area contributed by atoms with Crippen LogP contribution in [0, 0.1) is 0 Å². The molecule has 1 spiro atoms. The molecule has 3 rings (SSSR count). The van der Waals surface area contributed by atoms with Crippen LogP contribution in [0.25, 0.3) is 0 Å². The molecule has 2 fully saturated rings. The highest BCUT2D eigenvalue weighted by molar-refractivity contribution is 7.07. The lowest BCUT2D eigenvalue weighted by Crippen LogP contribution is -2.69. The van der Waals surface area contributed by atoms with E-state index >= 15 is 0 Å². The second-order valence-corrected chi connectivity index (χ2v) is 6.68. The quantitative estimate of drug-likeness (QED) is 0.910. The lowest BCUT2D eigenvalue weighted by molar-refractivity contribution is -0.156. The molecule has 1 saturated heterocycles. The molecular weight excluding hydrogens is 272 g/mol. The fourth-order valence-corrected chi connectivity index (χ4v) is 4.19. The Morgan fingerprint density at radius 2 is 2.10 bits per heavy atom. The minimum atomic E-state index is -0.631. The van der Waals surface area contributed by atoms with Crippen LogP contribution in [0.5, 0.6) is 0 Å². The fourth-order valence-electron chi connectivity index (χ4n) is 3.45. The van der Waals surface area contributed by atoms with Gasteiger partial charge in [-0.3, -0.25) is 9.59 Å². The minimum Gasteiger partial charge on any atom is -0.340 e. The number of amides is 2. The Hall–Kier alpha value is -1.36. The molecule has 1 aliphatic carbocycles. The summed E-state index contributed by atoms with van der Waals surface area (Å²) in [7, 11) is 0. The van der Waals surface area contributed by atoms with Crippen molar-refractivity contribution in [2.45, 2.75) is 57.2 Å². The van der Waals surface area contributed by atoms with E-state index in [9.17, 15) is 9.59 Å². The van der Waals surface area contributed by atoms with E-state index in [1.807, 2.05) is 25.3 Å². The maximum atomic E-state index is 13.0. The van der Waals surface area contributed by atoms with Crippen LogP contribution in [0.15, 0.2) is 16.8 Å². The largest absolute Gasteiger partial charge is 0.340 e. The monoisotopic (exact) mass is 292 g/mol. The van der Waals surface area contributed by atoms with E-state index in [4.69, 9.17) is 0 Å². The average molecular weight is 292 g/mol. The SMILES string of the molecule is CC1C(=O)NC2(CCCC2)C(=O)N1C(C)c1ccsc1. The maximum Gasteiger partial charge on any atom is 0.249 e. The second kappa shape index (κ2) is 4.88. The van der Waals surface area contributed by atoms with E-state index in [2.05, 4.69) is 10.7 Å². The van der Waals surface area contributed by atoms with Crippen molar-refractivity contribution in [2.75, 3.05) is 0 Å². The zero-order valence-electron chi connectivity index (χ0n) is 11.9. The molecule has 4 nitrogen and oxygen atoms in total. The summed E-state index contributed by atoms with van der Waals surface area (Å²) in [5, 5.41) is 7.06. The molecule has 1 N–H and O–H groups in total. The molecule has 5 heteroatoms. The van der Waals surface area contributed by atoms with Crippen molar-refractivity contribution in [1.29, 1.82) is 0 Å². The van der Waals surface area contributed by atoms with Crippen molar-refractivity contribution < 1.29 is 9.59 Å². The Balaban J connectivity index is 1.94. The van der Waals surface area contributed by atoms with E-state index in [1.165, 1.54) is 0 Å². The molecule has 0 aromatic carbocycles. The van der Waals surface area contributed by atoms with Gasteiger partial charge < -0.3 is 10.2 Å². The summed E-state index contributed by atoms with van der Waals surface area (Å²) in [5.41, 5.74) is 0.478. The Morgan fingerprint density at radius 3 is 2.70 bits per heavy atom. The van der Waals surface area contributed by atoms with Gasteiger partial charge in [-0.2, -0.15) is 11.3 Å². The molecule has 0 bridgehead atoms. The molecule has 2 amide bonds. The highest BCUT2D eigenvalue weighted by Crippen LogP contribution is 2.38. The maximum absolute atomic E-state index is 13.0. The molecule has 1 aliphatic heterocycles. The smallest absolute Gasteiger partial charge is 0.249 e. The van der Waals surface area contributed by atoms with Crippen molar-refractivity contribution >= 4 is 23.2 Å². The van der Waals surface area contributed by atoms with Crippen LogP contribution in [-0.4, -0.2) is 28.3 Å². The van der Waals surface area contributed by atoms with Crippen LogP contribution in [-0.2, 0) is 9.59 Å². The Bertz CT molecular complexity index is 520. The number of carbonyl (C=O) groups is 2. The molecule has 2 atom stereocenters. The van der Waals surface area contributed by atoms with Gasteiger partial charge in [-0.05, 0) is 49.1 Å². The Labute approximate surface area is 123 Å². The van der Waals surface area contributed by atoms with Crippen molar-refractivity contribution in [2.24, 2.45) is 0 Å². The van der Waals surface area contributed by atoms with Crippen molar-refractivity contribution in [3.63, 3.8) is 0 Å². The number of hydrogen-bond acceptors (Lipinski definition) is 3. The highest BCUT2D eigenvalue weighted by atomic mass is 32.1. The molecule has 2 aliphatic rings. The number of hydrogen-bond donors (Lipinski definition) is 1. The van der Waals surface area contributed by atoms with Gasteiger partial charge in [0.1, 0.15) is 11.6 Å². The first-order chi connectivity index (χ1) is 9.55. The third kappa shape index (κ3) is 1.95. The summed E-state index contributed by atoms with van der Waals surface area (Å²) >= 11 is 1.62. The van der Waals surface area contributed by atoms with Gasteiger partial charge in [0.2, 0.25) is 11.8 Å². The summed E-state index contributed by atoms with van der Waals surface area (Å²) in [5.74, 6) is 0.0781. The number of carbonyl (C=O) groups excluding carboxylic acids is 2. The molecular formula is C15H20N2O2S. The summed E-state index contributed by atoms with van der Waals surface area (Å²) < 4.78 is 0. The van der Waals surface area contributed by atoms with E-state index in [-0.39, 0.29) is 17.9 Å². The van der Waals surface area contributed by atoms with Gasteiger partial charge in [0.25, 0.3) is 0 Å². The van der Waals surface area contributed by atoms with Gasteiger partial charge >= 0.3 is 0 Å². The van der Waals surface area contributed by atoms with Gasteiger partial charge in [-0.15, -0.1) is 0 Å². The van der Waals surface area contributed by atoms with E-state index in [0.29, 0.717) is 0 Å². The summed E-state index contributed by atoms with van der Waals surface area (Å²) in [6, 6.07) is 1.58. The Morgan fingerprint density at radius 1 is 1.40 bits per heavy atom. The number of rotatable bonds is 2. The first kappa shape index (κ1) is 13.6. The van der Waals surface area contributed by atoms with Gasteiger partial charge in [-0.25, -0.2) is 0 Å². The van der Waals surface area contributed by atoms with Crippen LogP contribution >= 0.6 is 11.3 Å². The summed E-state index contributed by atoms with van der Waals surface area (Å²) in [4.78, 5) is 27.0. The molecule has 1 aromatic rings. The fraction of sp³-hybridized carbons (Fsp3) is 0.600. The topological polar surface area (TPSA) is 49.4 Å². The van der Waals surface area contributed by atoms with E-state index in [1.54, 1.807) is 16.2 Å². The molecule has 108 valence electrons. The number of piperazine rings is 1. The number of nitrogens with one attached hydrogen (secondary N) is 1. The first-order valence-electron chi connectivity index (χ1n) is 7.22. The second-order valence-electron chi connectivity index (χ2n) is 5.90. The molecule has 2 heterocycles. The zero-order chi connectivity index (χ0) is 14.3. The molecule has 0 radical (unpaired) electrons. The third-order valence-corrected chi connectivity index (χ3v) is 5.40. The molecule has 1 saturated carbocycles. The molecule has 20 heavy (non-hydrogen) atoms. The minimum absolute atomic E-state index is 0.0198. The van der Waals surface area contributed by atoms with E-state index in [0.717, 1.165) is 31.2 Å². The predicted octanol–water partition coefficient (Wildman–Crippen LogP) is 2.47. The zero-order valence-corrected chi connectivity index (χ0v) is 12.7. The van der Waals surface area contributed by atoms with Crippen molar-refractivity contribution in [1.82, 2.24) is 10.2 Å². The van der Waals surface area contributed by atoms with Crippen LogP contribution in [0.4, 0.5) is 0 Å². The summed E-state index contributed by atoms with van der Waals surface area (Å²) in [6.07, 6.45) is 3.58. The van der Waals surface area contributed by atoms with Crippen LogP contribution in [0.3, 0.4) is 0 Å². The van der Waals surface area contributed by atoms with Crippen molar-refractivity contribution in [3.8, 4) is 0 Å². The van der Waals surface area contributed by atoms with Crippen LogP contribution in [0.2, 0.25) is 0 Å². The standard InChI is InChI=1S/C15H20N2O2S/c1-10(12-5-8-20-9-12)17-11(2)13(18)16-15(14(17)19)6-3-4-7-15/h5,8-11H,3-4,6-7H2,1-2H3,(H,16,18). The predicted molar refractivity (Wildman–Crippen MR) is 78.4 cm³/mol. The number of nitrogens with zero attached hydrogens (tertiary/aromatic N) is 1. The lowest BCUT2D eigenvalue weighted by Gasteiger charge is -2.46. The average Bonchev–Trinajstić information content (AvgIpc) is 3.09. The third-order valence-electron chi connectivity index (χ3n) is 4.70. The number of thiophene rings is 1. The van der Waals surface area contributed by atoms with Crippen molar-refractivity contribution in [3.05, 3.63) is 22.4 Å². The molecule has 2 unspecified atom stereocenters. The molecule has 1 aromatic heterocycles. The van der Waals surface area contributed by atoms with Crippen LogP contribution in [0.1, 0.15) is 51.1 Å².